The van der Waals surface area contributed by atoms with Crippen LogP contribution in [0.4, 0.5) is 5.00 Å². The van der Waals surface area contributed by atoms with Crippen LogP contribution < -0.4 is 10.9 Å². The van der Waals surface area contributed by atoms with Crippen LogP contribution in [-0.2, 0) is 24.1 Å². The van der Waals surface area contributed by atoms with E-state index in [9.17, 15) is 14.9 Å². The van der Waals surface area contributed by atoms with Gasteiger partial charge in [0.1, 0.15) is 11.1 Å². The number of rotatable bonds is 6. The molecule has 3 aromatic rings. The SMILES string of the molecule is Cc1nc(SCC(=O)Nc2sc3c(c2C#N)CCC3)[nH]c(=O)c1Cc1ccccc1. The number of hydrogen-bond acceptors (Lipinski definition) is 6. The average Bonchev–Trinajstić information content (AvgIpc) is 3.30. The Morgan fingerprint density at radius 3 is 2.87 bits per heavy atom. The Morgan fingerprint density at radius 1 is 1.33 bits per heavy atom. The van der Waals surface area contributed by atoms with Crippen molar-refractivity contribution in [2.75, 3.05) is 11.1 Å². The second-order valence-corrected chi connectivity index (χ2v) is 9.18. The van der Waals surface area contributed by atoms with Crippen LogP contribution >= 0.6 is 23.1 Å². The van der Waals surface area contributed by atoms with Crippen LogP contribution in [0.1, 0.15) is 39.2 Å². The third kappa shape index (κ3) is 4.32. The number of hydrogen-bond donors (Lipinski definition) is 2. The highest BCUT2D eigenvalue weighted by Gasteiger charge is 2.23. The molecule has 6 nitrogen and oxygen atoms in total. The summed E-state index contributed by atoms with van der Waals surface area (Å²) < 4.78 is 0. The molecule has 0 spiro atoms. The lowest BCUT2D eigenvalue weighted by Gasteiger charge is -2.08. The van der Waals surface area contributed by atoms with Gasteiger partial charge in [0.05, 0.1) is 11.3 Å². The van der Waals surface area contributed by atoms with E-state index in [4.69, 9.17) is 0 Å². The second-order valence-electron chi connectivity index (χ2n) is 7.11. The molecule has 4 rings (SSSR count). The number of amides is 1. The molecule has 1 amide bonds. The summed E-state index contributed by atoms with van der Waals surface area (Å²) in [5, 5.41) is 13.3. The Labute approximate surface area is 182 Å². The lowest BCUT2D eigenvalue weighted by atomic mass is 10.1. The number of aromatic nitrogens is 2. The van der Waals surface area contributed by atoms with E-state index < -0.39 is 0 Å². The largest absolute Gasteiger partial charge is 0.316 e. The summed E-state index contributed by atoms with van der Waals surface area (Å²) in [6.07, 6.45) is 3.46. The number of benzene rings is 1. The zero-order valence-electron chi connectivity index (χ0n) is 16.4. The third-order valence-electron chi connectivity index (χ3n) is 5.05. The minimum Gasteiger partial charge on any atom is -0.316 e. The third-order valence-corrected chi connectivity index (χ3v) is 7.13. The van der Waals surface area contributed by atoms with Crippen molar-refractivity contribution in [3.8, 4) is 6.07 Å². The van der Waals surface area contributed by atoms with Gasteiger partial charge in [-0.05, 0) is 37.3 Å². The summed E-state index contributed by atoms with van der Waals surface area (Å²) in [6.45, 7) is 1.81. The number of aromatic amines is 1. The number of aryl methyl sites for hydroxylation is 2. The number of fused-ring (bicyclic) bond motifs is 1. The monoisotopic (exact) mass is 436 g/mol. The van der Waals surface area contributed by atoms with Crippen molar-refractivity contribution in [2.24, 2.45) is 0 Å². The van der Waals surface area contributed by atoms with E-state index in [1.165, 1.54) is 28.0 Å². The number of anilines is 1. The highest BCUT2D eigenvalue weighted by atomic mass is 32.2. The van der Waals surface area contributed by atoms with Gasteiger partial charge in [0.15, 0.2) is 5.16 Å². The maximum atomic E-state index is 12.5. The van der Waals surface area contributed by atoms with Gasteiger partial charge in [0.2, 0.25) is 5.91 Å². The Bertz CT molecular complexity index is 1190. The summed E-state index contributed by atoms with van der Waals surface area (Å²) >= 11 is 2.67. The molecule has 0 saturated heterocycles. The topological polar surface area (TPSA) is 98.6 Å². The van der Waals surface area contributed by atoms with Crippen molar-refractivity contribution in [2.45, 2.75) is 37.8 Å². The second kappa shape index (κ2) is 8.86. The van der Waals surface area contributed by atoms with Gasteiger partial charge in [-0.15, -0.1) is 11.3 Å². The molecular formula is C22H20N4O2S2. The van der Waals surface area contributed by atoms with Crippen LogP contribution in [0.5, 0.6) is 0 Å². The number of carbonyl (C=O) groups is 1. The van der Waals surface area contributed by atoms with Crippen molar-refractivity contribution in [3.63, 3.8) is 0 Å². The summed E-state index contributed by atoms with van der Waals surface area (Å²) in [4.78, 5) is 33.4. The predicted molar refractivity (Wildman–Crippen MR) is 119 cm³/mol. The molecule has 30 heavy (non-hydrogen) atoms. The normalized spacial score (nSPS) is 12.4. The molecule has 0 fully saturated rings. The first-order chi connectivity index (χ1) is 14.5. The van der Waals surface area contributed by atoms with Crippen molar-refractivity contribution in [3.05, 3.63) is 73.5 Å². The van der Waals surface area contributed by atoms with Crippen LogP contribution in [0, 0.1) is 18.3 Å². The molecule has 2 heterocycles. The molecule has 0 saturated carbocycles. The fourth-order valence-corrected chi connectivity index (χ4v) is 5.53. The maximum Gasteiger partial charge on any atom is 0.255 e. The Morgan fingerprint density at radius 2 is 2.13 bits per heavy atom. The van der Waals surface area contributed by atoms with E-state index in [1.54, 1.807) is 0 Å². The minimum atomic E-state index is -0.218. The van der Waals surface area contributed by atoms with Gasteiger partial charge in [-0.1, -0.05) is 42.1 Å². The van der Waals surface area contributed by atoms with Crippen molar-refractivity contribution >= 4 is 34.0 Å². The molecular weight excluding hydrogens is 416 g/mol. The molecule has 0 atom stereocenters. The van der Waals surface area contributed by atoms with E-state index in [0.29, 0.717) is 33.4 Å². The highest BCUT2D eigenvalue weighted by molar-refractivity contribution is 7.99. The highest BCUT2D eigenvalue weighted by Crippen LogP contribution is 2.38. The number of thioether (sulfide) groups is 1. The first-order valence-electron chi connectivity index (χ1n) is 9.66. The van der Waals surface area contributed by atoms with Crippen LogP contribution in [0.25, 0.3) is 0 Å². The van der Waals surface area contributed by atoms with Gasteiger partial charge in [-0.3, -0.25) is 9.59 Å². The Hall–Kier alpha value is -2.89. The number of nitrogens with one attached hydrogen (secondary N) is 2. The standard InChI is InChI=1S/C22H20N4O2S2/c1-13-16(10-14-6-3-2-4-7-14)20(28)26-22(24-13)29-12-19(27)25-21-17(11-23)15-8-5-9-18(15)30-21/h2-4,6-7H,5,8-10,12H2,1H3,(H,25,27)(H,24,26,28). The van der Waals surface area contributed by atoms with Crippen LogP contribution in [0.3, 0.4) is 0 Å². The first kappa shape index (κ1) is 20.4. The fraction of sp³-hybridized carbons (Fsp3) is 0.273. The van der Waals surface area contributed by atoms with Crippen LogP contribution in [-0.4, -0.2) is 21.6 Å². The molecule has 0 radical (unpaired) electrons. The molecule has 8 heteroatoms. The number of nitriles is 1. The fourth-order valence-electron chi connectivity index (χ4n) is 3.57. The lowest BCUT2D eigenvalue weighted by Crippen LogP contribution is -2.19. The zero-order valence-corrected chi connectivity index (χ0v) is 18.1. The van der Waals surface area contributed by atoms with Gasteiger partial charge < -0.3 is 10.3 Å². The number of carbonyl (C=O) groups excluding carboxylic acids is 1. The van der Waals surface area contributed by atoms with E-state index in [2.05, 4.69) is 21.4 Å². The number of thiophene rings is 1. The smallest absolute Gasteiger partial charge is 0.255 e. The van der Waals surface area contributed by atoms with Gasteiger partial charge >= 0.3 is 0 Å². The molecule has 0 aliphatic heterocycles. The molecule has 2 aromatic heterocycles. The van der Waals surface area contributed by atoms with Gasteiger partial charge in [-0.2, -0.15) is 5.26 Å². The van der Waals surface area contributed by atoms with Gasteiger partial charge in [0.25, 0.3) is 5.56 Å². The minimum absolute atomic E-state index is 0.105. The van der Waals surface area contributed by atoms with Gasteiger partial charge in [0, 0.05) is 22.6 Å². The Balaban J connectivity index is 1.41. The van der Waals surface area contributed by atoms with Gasteiger partial charge in [-0.25, -0.2) is 4.98 Å². The van der Waals surface area contributed by atoms with E-state index in [1.807, 2.05) is 37.3 Å². The summed E-state index contributed by atoms with van der Waals surface area (Å²) in [7, 11) is 0. The van der Waals surface area contributed by atoms with Crippen LogP contribution in [0.15, 0.2) is 40.3 Å². The summed E-state index contributed by atoms with van der Waals surface area (Å²) in [5.74, 6) is -0.113. The molecule has 0 unspecified atom stereocenters. The van der Waals surface area contributed by atoms with E-state index >= 15 is 0 Å². The molecule has 152 valence electrons. The predicted octanol–water partition coefficient (Wildman–Crippen LogP) is 3.82. The van der Waals surface area contributed by atoms with Crippen molar-refractivity contribution in [1.82, 2.24) is 9.97 Å². The zero-order chi connectivity index (χ0) is 21.1. The first-order valence-corrected chi connectivity index (χ1v) is 11.5. The molecule has 1 aliphatic carbocycles. The summed E-state index contributed by atoms with van der Waals surface area (Å²) in [5.41, 5.74) is 3.83. The van der Waals surface area contributed by atoms with E-state index in [0.717, 1.165) is 30.4 Å². The van der Waals surface area contributed by atoms with E-state index in [-0.39, 0.29) is 17.2 Å². The molecule has 0 bridgehead atoms. The van der Waals surface area contributed by atoms with Crippen LogP contribution in [0.2, 0.25) is 0 Å². The number of H-pyrrole nitrogens is 1. The average molecular weight is 437 g/mol. The number of nitrogens with zero attached hydrogens (tertiary/aromatic N) is 2. The lowest BCUT2D eigenvalue weighted by molar-refractivity contribution is -0.113. The molecule has 2 N–H and O–H groups in total. The molecule has 1 aromatic carbocycles. The molecule has 1 aliphatic rings. The van der Waals surface area contributed by atoms with Crippen molar-refractivity contribution < 1.29 is 4.79 Å². The summed E-state index contributed by atoms with van der Waals surface area (Å²) in [6, 6.07) is 12.0. The maximum absolute atomic E-state index is 12.5. The Kier molecular flexibility index (Phi) is 6.02. The van der Waals surface area contributed by atoms with Crippen molar-refractivity contribution in [1.29, 1.82) is 5.26 Å². The quantitative estimate of drug-likeness (QED) is 0.452.